The Morgan fingerprint density at radius 2 is 1.29 bits per heavy atom. The van der Waals surface area contributed by atoms with E-state index in [2.05, 4.69) is 124 Å². The highest BCUT2D eigenvalue weighted by Gasteiger charge is 2.50. The van der Waals surface area contributed by atoms with E-state index in [-0.39, 0.29) is 17.0 Å². The number of amides is 1. The average Bonchev–Trinajstić information content (AvgIpc) is 2.98. The fraction of sp³-hybridized carbons (Fsp3) is 0.270. The first kappa shape index (κ1) is 31.0. The van der Waals surface area contributed by atoms with Gasteiger partial charge >= 0.3 is 0 Å². The summed E-state index contributed by atoms with van der Waals surface area (Å²) in [5, 5.41) is 5.53. The molecule has 0 fully saturated rings. The van der Waals surface area contributed by atoms with Crippen molar-refractivity contribution in [3.63, 3.8) is 0 Å². The van der Waals surface area contributed by atoms with Crippen molar-refractivity contribution in [1.82, 2.24) is 5.32 Å². The molecule has 0 aliphatic rings. The SMILES string of the molecule is CC(=O)N[C@H](/C=C(\C)CO[Si](c1ccccc1)(c1ccccc1)C(C)(C)C)Cc1ccc(OCc2ccccc2)cc1. The number of rotatable bonds is 12. The predicted molar refractivity (Wildman–Crippen MR) is 176 cm³/mol. The zero-order valence-electron chi connectivity index (χ0n) is 25.5. The molecule has 0 radical (unpaired) electrons. The van der Waals surface area contributed by atoms with E-state index in [0.29, 0.717) is 19.6 Å². The molecule has 4 nitrogen and oxygen atoms in total. The van der Waals surface area contributed by atoms with Crippen LogP contribution in [0.5, 0.6) is 5.75 Å². The summed E-state index contributed by atoms with van der Waals surface area (Å²) in [5.74, 6) is 0.767. The number of hydrogen-bond donors (Lipinski definition) is 1. The van der Waals surface area contributed by atoms with E-state index < -0.39 is 8.32 Å². The minimum Gasteiger partial charge on any atom is -0.489 e. The second-order valence-electron chi connectivity index (χ2n) is 11.9. The molecule has 0 heterocycles. The van der Waals surface area contributed by atoms with Gasteiger partial charge in [-0.3, -0.25) is 4.79 Å². The van der Waals surface area contributed by atoms with Gasteiger partial charge in [0.1, 0.15) is 12.4 Å². The summed E-state index contributed by atoms with van der Waals surface area (Å²) in [7, 11) is -2.65. The summed E-state index contributed by atoms with van der Waals surface area (Å²) in [4.78, 5) is 12.1. The maximum absolute atomic E-state index is 12.1. The topological polar surface area (TPSA) is 47.6 Å². The summed E-state index contributed by atoms with van der Waals surface area (Å²) >= 11 is 0. The molecule has 1 N–H and O–H groups in total. The lowest BCUT2D eigenvalue weighted by Gasteiger charge is -2.43. The number of carbonyl (C=O) groups excluding carboxylic acids is 1. The van der Waals surface area contributed by atoms with Crippen LogP contribution in [-0.4, -0.2) is 26.9 Å². The Morgan fingerprint density at radius 1 is 0.762 bits per heavy atom. The van der Waals surface area contributed by atoms with Crippen molar-refractivity contribution in [3.05, 3.63) is 138 Å². The molecule has 4 aromatic carbocycles. The molecule has 1 atom stereocenters. The molecule has 0 aromatic heterocycles. The van der Waals surface area contributed by atoms with Crippen molar-refractivity contribution in [1.29, 1.82) is 0 Å². The number of nitrogens with one attached hydrogen (secondary N) is 1. The fourth-order valence-electron chi connectivity index (χ4n) is 5.50. The lowest BCUT2D eigenvalue weighted by Crippen LogP contribution is -2.66. The molecular weight excluding hydrogens is 534 g/mol. The first-order chi connectivity index (χ1) is 20.2. The van der Waals surface area contributed by atoms with Crippen molar-refractivity contribution in [2.24, 2.45) is 0 Å². The Kier molecular flexibility index (Phi) is 10.6. The van der Waals surface area contributed by atoms with E-state index >= 15 is 0 Å². The number of hydrogen-bond acceptors (Lipinski definition) is 3. The number of benzene rings is 4. The fourth-order valence-corrected chi connectivity index (χ4v) is 10.1. The molecule has 0 spiro atoms. The standard InChI is InChI=1S/C37H43NO3Si/c1-29(27-41-42(37(3,4)5,35-17-11-7-12-18-35)36-19-13-8-14-20-36)25-33(38-30(2)39)26-31-21-23-34(24-22-31)40-28-32-15-9-6-10-16-32/h6-25,33H,26-28H2,1-5H3,(H,38,39)/b29-25+/t33-/m1/s1. The van der Waals surface area contributed by atoms with E-state index in [1.807, 2.05) is 30.3 Å². The van der Waals surface area contributed by atoms with Crippen LogP contribution in [0.3, 0.4) is 0 Å². The van der Waals surface area contributed by atoms with Crippen LogP contribution >= 0.6 is 0 Å². The third-order valence-electron chi connectivity index (χ3n) is 7.43. The maximum Gasteiger partial charge on any atom is 0.261 e. The molecule has 4 aromatic rings. The van der Waals surface area contributed by atoms with E-state index in [1.54, 1.807) is 6.92 Å². The van der Waals surface area contributed by atoms with Gasteiger partial charge < -0.3 is 14.5 Å². The van der Waals surface area contributed by atoms with Crippen molar-refractivity contribution in [2.45, 2.75) is 58.7 Å². The number of ether oxygens (including phenoxy) is 1. The molecule has 0 aliphatic carbocycles. The Morgan fingerprint density at radius 3 is 1.79 bits per heavy atom. The highest BCUT2D eigenvalue weighted by Crippen LogP contribution is 2.37. The van der Waals surface area contributed by atoms with Gasteiger partial charge in [0.25, 0.3) is 8.32 Å². The monoisotopic (exact) mass is 577 g/mol. The zero-order valence-corrected chi connectivity index (χ0v) is 26.5. The van der Waals surface area contributed by atoms with Crippen molar-refractivity contribution < 1.29 is 14.0 Å². The Balaban J connectivity index is 1.51. The molecule has 42 heavy (non-hydrogen) atoms. The molecule has 0 saturated heterocycles. The molecule has 4 rings (SSSR count). The zero-order chi connectivity index (χ0) is 30.0. The highest BCUT2D eigenvalue weighted by molar-refractivity contribution is 6.99. The largest absolute Gasteiger partial charge is 0.489 e. The van der Waals surface area contributed by atoms with Gasteiger partial charge in [-0.1, -0.05) is 136 Å². The van der Waals surface area contributed by atoms with Crippen molar-refractivity contribution in [2.75, 3.05) is 6.61 Å². The van der Waals surface area contributed by atoms with Crippen LogP contribution in [0.2, 0.25) is 5.04 Å². The van der Waals surface area contributed by atoms with Gasteiger partial charge in [-0.05, 0) is 52.0 Å². The molecule has 0 saturated carbocycles. The second kappa shape index (κ2) is 14.3. The smallest absolute Gasteiger partial charge is 0.261 e. The molecule has 5 heteroatoms. The lowest BCUT2D eigenvalue weighted by molar-refractivity contribution is -0.119. The van der Waals surface area contributed by atoms with Crippen LogP contribution in [0.25, 0.3) is 0 Å². The third kappa shape index (κ3) is 8.08. The molecule has 0 unspecified atom stereocenters. The Hall–Kier alpha value is -3.93. The molecule has 0 aliphatic heterocycles. The molecule has 1 amide bonds. The van der Waals surface area contributed by atoms with Gasteiger partial charge in [0, 0.05) is 6.92 Å². The summed E-state index contributed by atoms with van der Waals surface area (Å²) < 4.78 is 13.1. The van der Waals surface area contributed by atoms with Crippen LogP contribution in [0.4, 0.5) is 0 Å². The average molecular weight is 578 g/mol. The van der Waals surface area contributed by atoms with Crippen molar-refractivity contribution in [3.8, 4) is 5.75 Å². The van der Waals surface area contributed by atoms with Crippen LogP contribution in [0.1, 0.15) is 45.7 Å². The van der Waals surface area contributed by atoms with Crippen LogP contribution in [-0.2, 0) is 22.2 Å². The maximum atomic E-state index is 12.1. The molecular formula is C37H43NO3Si. The van der Waals surface area contributed by atoms with E-state index in [1.165, 1.54) is 10.4 Å². The van der Waals surface area contributed by atoms with Gasteiger partial charge in [-0.2, -0.15) is 0 Å². The van der Waals surface area contributed by atoms with Gasteiger partial charge in [0.2, 0.25) is 5.91 Å². The van der Waals surface area contributed by atoms with Crippen molar-refractivity contribution >= 4 is 24.6 Å². The van der Waals surface area contributed by atoms with Crippen LogP contribution in [0, 0.1) is 0 Å². The first-order valence-corrected chi connectivity index (χ1v) is 16.5. The minimum absolute atomic E-state index is 0.0558. The quantitative estimate of drug-likeness (QED) is 0.148. The van der Waals surface area contributed by atoms with Crippen LogP contribution in [0.15, 0.2) is 127 Å². The minimum atomic E-state index is -2.65. The molecule has 218 valence electrons. The summed E-state index contributed by atoms with van der Waals surface area (Å²) in [6.07, 6.45) is 2.81. The van der Waals surface area contributed by atoms with Gasteiger partial charge in [0.15, 0.2) is 0 Å². The normalized spacial score (nSPS) is 12.9. The second-order valence-corrected chi connectivity index (χ2v) is 16.2. The van der Waals surface area contributed by atoms with Gasteiger partial charge in [-0.25, -0.2) is 0 Å². The van der Waals surface area contributed by atoms with Gasteiger partial charge in [-0.15, -0.1) is 0 Å². The van der Waals surface area contributed by atoms with Crippen LogP contribution < -0.4 is 20.4 Å². The molecule has 0 bridgehead atoms. The summed E-state index contributed by atoms with van der Waals surface area (Å²) in [5.41, 5.74) is 3.34. The highest BCUT2D eigenvalue weighted by atomic mass is 28.4. The first-order valence-electron chi connectivity index (χ1n) is 14.6. The predicted octanol–water partition coefficient (Wildman–Crippen LogP) is 6.84. The number of carbonyl (C=O) groups is 1. The van der Waals surface area contributed by atoms with E-state index in [9.17, 15) is 4.79 Å². The van der Waals surface area contributed by atoms with E-state index in [4.69, 9.17) is 9.16 Å². The summed E-state index contributed by atoms with van der Waals surface area (Å²) in [6.45, 7) is 11.5. The third-order valence-corrected chi connectivity index (χ3v) is 12.4. The lowest BCUT2D eigenvalue weighted by atomic mass is 10.0. The Bertz CT molecular complexity index is 1390. The van der Waals surface area contributed by atoms with Gasteiger partial charge in [0.05, 0.1) is 12.6 Å². The van der Waals surface area contributed by atoms with E-state index in [0.717, 1.165) is 22.4 Å². The summed E-state index contributed by atoms with van der Waals surface area (Å²) in [6, 6.07) is 39.4. The Labute approximate surface area is 252 Å².